The van der Waals surface area contributed by atoms with Crippen molar-refractivity contribution in [1.29, 1.82) is 0 Å². The fourth-order valence-corrected chi connectivity index (χ4v) is 6.77. The number of hydrogen-bond acceptors (Lipinski definition) is 5. The fourth-order valence-electron chi connectivity index (χ4n) is 5.31. The third-order valence-electron chi connectivity index (χ3n) is 7.02. The summed E-state index contributed by atoms with van der Waals surface area (Å²) in [4.78, 5) is 6.39. The van der Waals surface area contributed by atoms with Crippen LogP contribution >= 0.6 is 0 Å². The average molecular weight is 467 g/mol. The van der Waals surface area contributed by atoms with E-state index in [1.807, 2.05) is 18.2 Å². The van der Waals surface area contributed by atoms with E-state index in [1.165, 1.54) is 6.33 Å². The van der Waals surface area contributed by atoms with E-state index < -0.39 is 10.0 Å². The molecule has 7 nitrogen and oxygen atoms in total. The summed E-state index contributed by atoms with van der Waals surface area (Å²) in [6.07, 6.45) is 4.78. The molecular weight excluding hydrogens is 436 g/mol. The van der Waals surface area contributed by atoms with Crippen LogP contribution in [0, 0.1) is 0 Å². The second-order valence-electron chi connectivity index (χ2n) is 9.02. The first-order chi connectivity index (χ1) is 16.0. The van der Waals surface area contributed by atoms with Crippen LogP contribution in [0.2, 0.25) is 0 Å². The Morgan fingerprint density at radius 1 is 1.00 bits per heavy atom. The van der Waals surface area contributed by atoms with Gasteiger partial charge in [-0.15, -0.1) is 0 Å². The van der Waals surface area contributed by atoms with Gasteiger partial charge in [-0.25, -0.2) is 13.4 Å². The topological polar surface area (TPSA) is 78.7 Å². The fraction of sp³-hybridized carbons (Fsp3) is 0.400. The number of aromatic nitrogens is 2. The molecule has 0 radical (unpaired) electrons. The zero-order valence-corrected chi connectivity index (χ0v) is 19.6. The first-order valence-electron chi connectivity index (χ1n) is 11.5. The lowest BCUT2D eigenvalue weighted by atomic mass is 9.74. The summed E-state index contributed by atoms with van der Waals surface area (Å²) in [7, 11) is -1.89. The van der Waals surface area contributed by atoms with Gasteiger partial charge in [-0.05, 0) is 36.1 Å². The number of hydrogen-bond donors (Lipinski definition) is 1. The predicted octanol–water partition coefficient (Wildman–Crippen LogP) is 2.70. The number of aliphatic hydroxyl groups is 1. The first-order valence-corrected chi connectivity index (χ1v) is 12.9. The van der Waals surface area contributed by atoms with Crippen molar-refractivity contribution in [2.75, 3.05) is 26.2 Å². The summed E-state index contributed by atoms with van der Waals surface area (Å²) in [5, 5.41) is 10.3. The lowest BCUT2D eigenvalue weighted by molar-refractivity contribution is -0.0554. The molecule has 8 heteroatoms. The standard InChI is InChI=1S/C25H30N4O3S/c1-27-16-24(26-18-27)33(31,32)28-13-5-6-14-29-22(15-28)25(23(29)17-30)21-11-9-20(10-12-21)19-7-3-2-4-8-19/h2-4,7-12,16,18,22-23,25,30H,5-6,13-15,17H2,1H3/t22-,23-,25+/m1/s1. The lowest BCUT2D eigenvalue weighted by Crippen LogP contribution is -2.67. The van der Waals surface area contributed by atoms with Crippen LogP contribution in [0.3, 0.4) is 0 Å². The Morgan fingerprint density at radius 2 is 1.70 bits per heavy atom. The highest BCUT2D eigenvalue weighted by molar-refractivity contribution is 7.89. The van der Waals surface area contributed by atoms with Crippen molar-refractivity contribution in [2.24, 2.45) is 7.05 Å². The minimum absolute atomic E-state index is 0.00933. The molecule has 0 aliphatic carbocycles. The van der Waals surface area contributed by atoms with Crippen LogP contribution in [0.25, 0.3) is 11.1 Å². The molecule has 0 amide bonds. The molecule has 0 spiro atoms. The van der Waals surface area contributed by atoms with Gasteiger partial charge in [-0.3, -0.25) is 4.90 Å². The summed E-state index contributed by atoms with van der Waals surface area (Å²) < 4.78 is 29.9. The van der Waals surface area contributed by atoms with Gasteiger partial charge in [-0.2, -0.15) is 4.31 Å². The molecule has 2 aliphatic heterocycles. The van der Waals surface area contributed by atoms with Crippen LogP contribution in [-0.2, 0) is 17.1 Å². The van der Waals surface area contributed by atoms with Gasteiger partial charge < -0.3 is 9.67 Å². The van der Waals surface area contributed by atoms with Gasteiger partial charge in [0, 0.05) is 44.3 Å². The van der Waals surface area contributed by atoms with E-state index in [4.69, 9.17) is 0 Å². The zero-order chi connectivity index (χ0) is 23.0. The minimum atomic E-state index is -3.66. The molecule has 0 unspecified atom stereocenters. The van der Waals surface area contributed by atoms with E-state index in [0.717, 1.165) is 36.1 Å². The van der Waals surface area contributed by atoms with E-state index in [-0.39, 0.29) is 29.6 Å². The highest BCUT2D eigenvalue weighted by Gasteiger charge is 2.50. The smallest absolute Gasteiger partial charge is 0.262 e. The molecule has 3 atom stereocenters. The van der Waals surface area contributed by atoms with Crippen LogP contribution in [0.15, 0.2) is 72.1 Å². The van der Waals surface area contributed by atoms with Crippen LogP contribution in [0.1, 0.15) is 24.3 Å². The van der Waals surface area contributed by atoms with Crippen LogP contribution in [0.5, 0.6) is 0 Å². The molecule has 3 aromatic rings. The van der Waals surface area contributed by atoms with E-state index in [9.17, 15) is 13.5 Å². The molecule has 0 saturated carbocycles. The number of nitrogens with zero attached hydrogens (tertiary/aromatic N) is 4. The molecule has 174 valence electrons. The molecule has 2 aromatic carbocycles. The van der Waals surface area contributed by atoms with Crippen molar-refractivity contribution in [3.63, 3.8) is 0 Å². The quantitative estimate of drug-likeness (QED) is 0.626. The maximum Gasteiger partial charge on any atom is 0.262 e. The maximum atomic E-state index is 13.3. The van der Waals surface area contributed by atoms with Gasteiger partial charge in [0.1, 0.15) is 0 Å². The molecule has 1 aromatic heterocycles. The van der Waals surface area contributed by atoms with Crippen LogP contribution in [0.4, 0.5) is 0 Å². The Hall–Kier alpha value is -2.52. The summed E-state index contributed by atoms with van der Waals surface area (Å²) in [6, 6.07) is 18.8. The minimum Gasteiger partial charge on any atom is -0.395 e. The third-order valence-corrected chi connectivity index (χ3v) is 8.77. The van der Waals surface area contributed by atoms with Crippen molar-refractivity contribution < 1.29 is 13.5 Å². The van der Waals surface area contributed by atoms with E-state index >= 15 is 0 Å². The Balaban J connectivity index is 1.42. The monoisotopic (exact) mass is 466 g/mol. The van der Waals surface area contributed by atoms with E-state index in [0.29, 0.717) is 13.1 Å². The molecule has 5 rings (SSSR count). The SMILES string of the molecule is Cn1cnc(S(=O)(=O)N2CCCCN3[C@H](CO)[C@@H](c4ccc(-c5ccccc5)cc4)[C@H]3C2)c1. The van der Waals surface area contributed by atoms with Gasteiger partial charge in [0.2, 0.25) is 0 Å². The zero-order valence-electron chi connectivity index (χ0n) is 18.8. The highest BCUT2D eigenvalue weighted by Crippen LogP contribution is 2.42. The molecule has 2 aliphatic rings. The molecule has 1 N–H and O–H groups in total. The number of fused-ring (bicyclic) bond motifs is 1. The van der Waals surface area contributed by atoms with E-state index in [2.05, 4.69) is 46.3 Å². The number of sulfonamides is 1. The van der Waals surface area contributed by atoms with Crippen molar-refractivity contribution in [3.05, 3.63) is 72.7 Å². The average Bonchev–Trinajstić information content (AvgIpc) is 3.26. The Morgan fingerprint density at radius 3 is 2.36 bits per heavy atom. The largest absolute Gasteiger partial charge is 0.395 e. The molecular formula is C25H30N4O3S. The second kappa shape index (κ2) is 9.02. The third kappa shape index (κ3) is 4.12. The van der Waals surface area contributed by atoms with Gasteiger partial charge >= 0.3 is 0 Å². The van der Waals surface area contributed by atoms with Gasteiger partial charge in [-0.1, -0.05) is 54.6 Å². The van der Waals surface area contributed by atoms with Gasteiger partial charge in [0.05, 0.1) is 12.9 Å². The molecule has 2 fully saturated rings. The Kier molecular flexibility index (Phi) is 6.09. The van der Waals surface area contributed by atoms with Crippen LogP contribution in [-0.4, -0.2) is 70.6 Å². The number of benzene rings is 2. The summed E-state index contributed by atoms with van der Waals surface area (Å²) in [5.41, 5.74) is 3.45. The normalized spacial score (nSPS) is 24.5. The summed E-state index contributed by atoms with van der Waals surface area (Å²) in [5.74, 6) is 0.0827. The molecule has 0 bridgehead atoms. The second-order valence-corrected chi connectivity index (χ2v) is 10.9. The number of aliphatic hydroxyl groups excluding tert-OH is 1. The predicted molar refractivity (Wildman–Crippen MR) is 127 cm³/mol. The summed E-state index contributed by atoms with van der Waals surface area (Å²) >= 11 is 0. The van der Waals surface area contributed by atoms with Crippen LogP contribution < -0.4 is 0 Å². The summed E-state index contributed by atoms with van der Waals surface area (Å²) in [6.45, 7) is 1.84. The number of imidazole rings is 1. The Labute approximate surface area is 195 Å². The van der Waals surface area contributed by atoms with Crippen molar-refractivity contribution in [3.8, 4) is 11.1 Å². The van der Waals surface area contributed by atoms with Gasteiger partial charge in [0.25, 0.3) is 10.0 Å². The Bertz CT molecular complexity index is 1190. The van der Waals surface area contributed by atoms with Crippen molar-refractivity contribution in [1.82, 2.24) is 18.8 Å². The number of rotatable bonds is 5. The van der Waals surface area contributed by atoms with E-state index in [1.54, 1.807) is 22.1 Å². The first kappa shape index (κ1) is 22.3. The highest BCUT2D eigenvalue weighted by atomic mass is 32.2. The van der Waals surface area contributed by atoms with Crippen molar-refractivity contribution >= 4 is 10.0 Å². The number of aryl methyl sites for hydroxylation is 1. The lowest BCUT2D eigenvalue weighted by Gasteiger charge is -2.57. The van der Waals surface area contributed by atoms with Gasteiger partial charge in [0.15, 0.2) is 5.03 Å². The molecule has 2 saturated heterocycles. The molecule has 3 heterocycles. The maximum absolute atomic E-state index is 13.3. The van der Waals surface area contributed by atoms with Crippen molar-refractivity contribution in [2.45, 2.75) is 35.9 Å². The molecule has 33 heavy (non-hydrogen) atoms.